The molecular weight excluding hydrogens is 337 g/mol. The molecule has 1 aromatic heterocycles. The van der Waals surface area contributed by atoms with E-state index in [1.165, 1.54) is 12.1 Å². The summed E-state index contributed by atoms with van der Waals surface area (Å²) >= 11 is 3.24. The summed E-state index contributed by atoms with van der Waals surface area (Å²) in [6.45, 7) is 0. The lowest BCUT2D eigenvalue weighted by Crippen LogP contribution is -2.15. The number of halogens is 4. The Hall–Kier alpha value is -1.76. The van der Waals surface area contributed by atoms with Gasteiger partial charge in [-0.1, -0.05) is 0 Å². The summed E-state index contributed by atoms with van der Waals surface area (Å²) in [5.41, 5.74) is -0.0470. The molecule has 106 valence electrons. The van der Waals surface area contributed by atoms with Crippen molar-refractivity contribution in [3.63, 3.8) is 0 Å². The molecule has 0 aliphatic rings. The molecule has 1 N–H and O–H groups in total. The molecule has 1 aromatic carbocycles. The minimum Gasteiger partial charge on any atom is -0.345 e. The van der Waals surface area contributed by atoms with Crippen LogP contribution in [0.2, 0.25) is 0 Å². The summed E-state index contributed by atoms with van der Waals surface area (Å²) in [6.07, 6.45) is -2.67. The maximum absolute atomic E-state index is 12.4. The fourth-order valence-electron chi connectivity index (χ4n) is 1.69. The van der Waals surface area contributed by atoms with Crippen LogP contribution in [0.3, 0.4) is 0 Å². The number of benzene rings is 1. The maximum Gasteiger partial charge on any atom is 0.416 e. The molecule has 2 rings (SSSR count). The predicted octanol–water partition coefficient (Wildman–Crippen LogP) is 4.06. The van der Waals surface area contributed by atoms with Gasteiger partial charge in [-0.2, -0.15) is 13.2 Å². The highest BCUT2D eigenvalue weighted by atomic mass is 79.9. The van der Waals surface area contributed by atoms with Gasteiger partial charge in [0.15, 0.2) is 0 Å². The van der Waals surface area contributed by atoms with Gasteiger partial charge in [0.05, 0.1) is 5.56 Å². The first-order valence-electron chi connectivity index (χ1n) is 5.58. The number of aryl methyl sites for hydroxylation is 1. The molecule has 7 heteroatoms. The Labute approximate surface area is 121 Å². The van der Waals surface area contributed by atoms with E-state index in [4.69, 9.17) is 0 Å². The van der Waals surface area contributed by atoms with Crippen molar-refractivity contribution in [2.75, 3.05) is 5.32 Å². The quantitative estimate of drug-likeness (QED) is 0.874. The van der Waals surface area contributed by atoms with Crippen LogP contribution >= 0.6 is 15.9 Å². The first-order valence-corrected chi connectivity index (χ1v) is 6.37. The van der Waals surface area contributed by atoms with Crippen LogP contribution in [-0.2, 0) is 13.2 Å². The van der Waals surface area contributed by atoms with Crippen LogP contribution in [0.15, 0.2) is 41.0 Å². The van der Waals surface area contributed by atoms with Crippen LogP contribution < -0.4 is 5.32 Å². The molecule has 2 aromatic rings. The third-order valence-electron chi connectivity index (χ3n) is 2.67. The van der Waals surface area contributed by atoms with Crippen LogP contribution in [0.5, 0.6) is 0 Å². The van der Waals surface area contributed by atoms with E-state index in [2.05, 4.69) is 21.2 Å². The average molecular weight is 347 g/mol. The van der Waals surface area contributed by atoms with Crippen molar-refractivity contribution in [2.24, 2.45) is 7.05 Å². The number of carbonyl (C=O) groups is 1. The van der Waals surface area contributed by atoms with Gasteiger partial charge in [0.2, 0.25) is 0 Å². The lowest BCUT2D eigenvalue weighted by molar-refractivity contribution is -0.137. The average Bonchev–Trinajstić information content (AvgIpc) is 2.68. The van der Waals surface area contributed by atoms with Gasteiger partial charge in [0, 0.05) is 23.4 Å². The summed E-state index contributed by atoms with van der Waals surface area (Å²) in [6, 6.07) is 5.92. The van der Waals surface area contributed by atoms with Crippen molar-refractivity contribution in [3.8, 4) is 0 Å². The zero-order valence-corrected chi connectivity index (χ0v) is 11.9. The molecule has 0 fully saturated rings. The predicted molar refractivity (Wildman–Crippen MR) is 72.5 cm³/mol. The zero-order valence-electron chi connectivity index (χ0n) is 10.3. The molecule has 1 amide bonds. The number of anilines is 1. The molecule has 3 nitrogen and oxygen atoms in total. The Balaban J connectivity index is 2.14. The second-order valence-corrected chi connectivity index (χ2v) is 5.10. The second kappa shape index (κ2) is 5.32. The first-order chi connectivity index (χ1) is 9.27. The highest BCUT2D eigenvalue weighted by Crippen LogP contribution is 2.29. The molecule has 0 saturated heterocycles. The fraction of sp³-hybridized carbons (Fsp3) is 0.154. The number of hydrogen-bond acceptors (Lipinski definition) is 1. The summed E-state index contributed by atoms with van der Waals surface area (Å²) < 4.78 is 39.6. The van der Waals surface area contributed by atoms with Crippen molar-refractivity contribution in [1.29, 1.82) is 0 Å². The Morgan fingerprint density at radius 1 is 1.25 bits per heavy atom. The summed E-state index contributed by atoms with van der Waals surface area (Å²) in [4.78, 5) is 12.0. The number of amides is 1. The topological polar surface area (TPSA) is 34.0 Å². The third-order valence-corrected chi connectivity index (χ3v) is 3.11. The van der Waals surface area contributed by atoms with Crippen LogP contribution in [0.4, 0.5) is 18.9 Å². The zero-order chi connectivity index (χ0) is 14.9. The molecule has 0 bridgehead atoms. The van der Waals surface area contributed by atoms with Crippen LogP contribution in [0, 0.1) is 0 Å². The van der Waals surface area contributed by atoms with E-state index >= 15 is 0 Å². The fourth-order valence-corrected chi connectivity index (χ4v) is 2.21. The molecular formula is C13H10BrF3N2O. The standard InChI is InChI=1S/C13H10BrF3N2O/c1-19-7-9(14)6-11(19)12(20)18-10-4-2-8(3-5-10)13(15,16)17/h2-7H,1H3,(H,18,20). The molecule has 0 saturated carbocycles. The molecule has 0 spiro atoms. The van der Waals surface area contributed by atoms with E-state index < -0.39 is 17.6 Å². The molecule has 0 unspecified atom stereocenters. The monoisotopic (exact) mass is 346 g/mol. The summed E-state index contributed by atoms with van der Waals surface area (Å²) in [5, 5.41) is 2.54. The van der Waals surface area contributed by atoms with Crippen molar-refractivity contribution in [2.45, 2.75) is 6.18 Å². The van der Waals surface area contributed by atoms with Crippen molar-refractivity contribution in [3.05, 3.63) is 52.3 Å². The van der Waals surface area contributed by atoms with Gasteiger partial charge < -0.3 is 9.88 Å². The third kappa shape index (κ3) is 3.22. The van der Waals surface area contributed by atoms with Gasteiger partial charge >= 0.3 is 6.18 Å². The summed E-state index contributed by atoms with van der Waals surface area (Å²) in [5.74, 6) is -0.391. The number of hydrogen-bond donors (Lipinski definition) is 1. The number of alkyl halides is 3. The van der Waals surface area contributed by atoms with E-state index in [0.717, 1.165) is 16.6 Å². The largest absolute Gasteiger partial charge is 0.416 e. The van der Waals surface area contributed by atoms with E-state index in [1.54, 1.807) is 23.9 Å². The second-order valence-electron chi connectivity index (χ2n) is 4.18. The number of nitrogens with one attached hydrogen (secondary N) is 1. The van der Waals surface area contributed by atoms with Crippen LogP contribution in [-0.4, -0.2) is 10.5 Å². The minimum absolute atomic E-state index is 0.306. The first kappa shape index (κ1) is 14.6. The van der Waals surface area contributed by atoms with Gasteiger partial charge in [0.1, 0.15) is 5.69 Å². The van der Waals surface area contributed by atoms with E-state index in [0.29, 0.717) is 11.4 Å². The Bertz CT molecular complexity index is 632. The molecule has 0 aliphatic heterocycles. The van der Waals surface area contributed by atoms with Gasteiger partial charge in [-0.05, 0) is 46.3 Å². The number of aromatic nitrogens is 1. The number of rotatable bonds is 2. The highest BCUT2D eigenvalue weighted by molar-refractivity contribution is 9.10. The minimum atomic E-state index is -4.38. The van der Waals surface area contributed by atoms with E-state index in [9.17, 15) is 18.0 Å². The Kier molecular flexibility index (Phi) is 3.89. The summed E-state index contributed by atoms with van der Waals surface area (Å²) in [7, 11) is 1.70. The van der Waals surface area contributed by atoms with Gasteiger partial charge in [-0.25, -0.2) is 0 Å². The molecule has 0 radical (unpaired) electrons. The van der Waals surface area contributed by atoms with Crippen molar-refractivity contribution in [1.82, 2.24) is 4.57 Å². The molecule has 0 aliphatic carbocycles. The molecule has 1 heterocycles. The van der Waals surface area contributed by atoms with Gasteiger partial charge in [0.25, 0.3) is 5.91 Å². The normalized spacial score (nSPS) is 11.4. The lowest BCUT2D eigenvalue weighted by atomic mass is 10.2. The molecule has 20 heavy (non-hydrogen) atoms. The van der Waals surface area contributed by atoms with E-state index in [1.807, 2.05) is 0 Å². The number of nitrogens with zero attached hydrogens (tertiary/aromatic N) is 1. The van der Waals surface area contributed by atoms with Crippen LogP contribution in [0.25, 0.3) is 0 Å². The highest BCUT2D eigenvalue weighted by Gasteiger charge is 2.30. The SMILES string of the molecule is Cn1cc(Br)cc1C(=O)Nc1ccc(C(F)(F)F)cc1. The van der Waals surface area contributed by atoms with Crippen molar-refractivity contribution < 1.29 is 18.0 Å². The molecule has 0 atom stereocenters. The lowest BCUT2D eigenvalue weighted by Gasteiger charge is -2.09. The van der Waals surface area contributed by atoms with Crippen molar-refractivity contribution >= 4 is 27.5 Å². The van der Waals surface area contributed by atoms with Gasteiger partial charge in [-0.15, -0.1) is 0 Å². The van der Waals surface area contributed by atoms with E-state index in [-0.39, 0.29) is 0 Å². The maximum atomic E-state index is 12.4. The Morgan fingerprint density at radius 2 is 1.85 bits per heavy atom. The Morgan fingerprint density at radius 3 is 2.30 bits per heavy atom. The number of carbonyl (C=O) groups excluding carboxylic acids is 1. The van der Waals surface area contributed by atoms with Crippen LogP contribution in [0.1, 0.15) is 16.1 Å². The van der Waals surface area contributed by atoms with Gasteiger partial charge in [-0.3, -0.25) is 4.79 Å². The smallest absolute Gasteiger partial charge is 0.345 e.